The number of aromatic nitrogens is 3. The molecule has 114 valence electrons. The van der Waals surface area contributed by atoms with Gasteiger partial charge >= 0.3 is 0 Å². The van der Waals surface area contributed by atoms with Crippen LogP contribution in [0.15, 0.2) is 29.6 Å². The van der Waals surface area contributed by atoms with Crippen molar-refractivity contribution in [3.05, 3.63) is 36.2 Å². The molecule has 0 spiro atoms. The van der Waals surface area contributed by atoms with Gasteiger partial charge in [-0.05, 0) is 12.5 Å². The Morgan fingerprint density at radius 2 is 2.29 bits per heavy atom. The van der Waals surface area contributed by atoms with Crippen LogP contribution in [0, 0.1) is 0 Å². The Balaban J connectivity index is 2.30. The van der Waals surface area contributed by atoms with Crippen LogP contribution in [0.4, 0.5) is 0 Å². The number of carbonyl (C=O) groups excluding carboxylic acids is 1. The van der Waals surface area contributed by atoms with E-state index in [9.17, 15) is 13.2 Å². The first-order valence-electron chi connectivity index (χ1n) is 6.33. The van der Waals surface area contributed by atoms with Gasteiger partial charge in [0.15, 0.2) is 0 Å². The topological polar surface area (TPSA) is 123 Å². The summed E-state index contributed by atoms with van der Waals surface area (Å²) in [6.07, 6.45) is 5.06. The van der Waals surface area contributed by atoms with Crippen LogP contribution in [0.3, 0.4) is 0 Å². The zero-order valence-electron chi connectivity index (χ0n) is 11.7. The van der Waals surface area contributed by atoms with Crippen molar-refractivity contribution in [2.24, 2.45) is 12.8 Å². The van der Waals surface area contributed by atoms with E-state index in [0.717, 1.165) is 0 Å². The average molecular weight is 311 g/mol. The number of amides is 1. The summed E-state index contributed by atoms with van der Waals surface area (Å²) >= 11 is 0. The molecule has 4 N–H and O–H groups in total. The van der Waals surface area contributed by atoms with Gasteiger partial charge in [0.05, 0.1) is 6.04 Å². The summed E-state index contributed by atoms with van der Waals surface area (Å²) in [6.45, 7) is 1.84. The summed E-state index contributed by atoms with van der Waals surface area (Å²) in [5.74, 6) is -0.149. The fraction of sp³-hybridized carbons (Fsp3) is 0.333. The number of imidazole rings is 1. The zero-order valence-corrected chi connectivity index (χ0v) is 12.5. The van der Waals surface area contributed by atoms with Crippen LogP contribution in [0.5, 0.6) is 0 Å². The number of H-pyrrole nitrogens is 1. The molecule has 0 aliphatic rings. The van der Waals surface area contributed by atoms with E-state index < -0.39 is 22.0 Å². The predicted molar refractivity (Wildman–Crippen MR) is 75.9 cm³/mol. The minimum Gasteiger partial charge on any atom is -0.364 e. The molecule has 8 nitrogen and oxygen atoms in total. The molecule has 9 heteroatoms. The van der Waals surface area contributed by atoms with Gasteiger partial charge in [0, 0.05) is 25.6 Å². The fourth-order valence-electron chi connectivity index (χ4n) is 1.98. The molecule has 0 bridgehead atoms. The van der Waals surface area contributed by atoms with Crippen LogP contribution in [0.2, 0.25) is 0 Å². The number of hydrogen-bond donors (Lipinski definition) is 3. The van der Waals surface area contributed by atoms with Crippen LogP contribution in [-0.2, 0) is 17.1 Å². The van der Waals surface area contributed by atoms with Gasteiger partial charge in [-0.1, -0.05) is 6.92 Å². The van der Waals surface area contributed by atoms with Crippen LogP contribution in [0.1, 0.15) is 35.7 Å². The number of nitrogens with zero attached hydrogens (tertiary/aromatic N) is 2. The summed E-state index contributed by atoms with van der Waals surface area (Å²) < 4.78 is 28.7. The molecule has 0 aromatic carbocycles. The minimum atomic E-state index is -3.77. The molecule has 0 saturated heterocycles. The van der Waals surface area contributed by atoms with Gasteiger partial charge in [-0.15, -0.1) is 0 Å². The molecule has 2 aromatic heterocycles. The quantitative estimate of drug-likeness (QED) is 0.708. The summed E-state index contributed by atoms with van der Waals surface area (Å²) in [6, 6.07) is 0.779. The van der Waals surface area contributed by atoms with Gasteiger partial charge in [-0.2, -0.15) is 0 Å². The Hall–Kier alpha value is -2.13. The molecule has 2 aromatic rings. The Morgan fingerprint density at radius 1 is 1.57 bits per heavy atom. The first-order valence-corrected chi connectivity index (χ1v) is 7.81. The molecule has 0 fully saturated rings. The SMILES string of the molecule is CCC(NS(=O)(=O)c1cc(C(N)=O)n(C)c1)c1ncc[nH]1. The maximum Gasteiger partial charge on any atom is 0.265 e. The number of rotatable bonds is 6. The molecule has 1 unspecified atom stereocenters. The van der Waals surface area contributed by atoms with Crippen molar-refractivity contribution in [1.29, 1.82) is 0 Å². The maximum atomic E-state index is 12.4. The predicted octanol–water partition coefficient (Wildman–Crippen LogP) is 0.277. The molecule has 0 saturated carbocycles. The van der Waals surface area contributed by atoms with Gasteiger partial charge in [-0.3, -0.25) is 4.79 Å². The Morgan fingerprint density at radius 3 is 2.76 bits per heavy atom. The lowest BCUT2D eigenvalue weighted by Gasteiger charge is -2.14. The molecule has 2 heterocycles. The highest BCUT2D eigenvalue weighted by Gasteiger charge is 2.24. The van der Waals surface area contributed by atoms with Gasteiger partial charge in [-0.25, -0.2) is 18.1 Å². The molecule has 0 aliphatic carbocycles. The van der Waals surface area contributed by atoms with Crippen LogP contribution < -0.4 is 10.5 Å². The van der Waals surface area contributed by atoms with E-state index in [1.54, 1.807) is 19.4 Å². The number of sulfonamides is 1. The minimum absolute atomic E-state index is 0.0104. The summed E-state index contributed by atoms with van der Waals surface area (Å²) in [5.41, 5.74) is 5.31. The molecule has 21 heavy (non-hydrogen) atoms. The smallest absolute Gasteiger partial charge is 0.265 e. The van der Waals surface area contributed by atoms with Crippen molar-refractivity contribution in [3.8, 4) is 0 Å². The second-order valence-electron chi connectivity index (χ2n) is 4.59. The second-order valence-corrected chi connectivity index (χ2v) is 6.31. The summed E-state index contributed by atoms with van der Waals surface area (Å²) in [7, 11) is -2.21. The van der Waals surface area contributed by atoms with E-state index in [-0.39, 0.29) is 10.6 Å². The molecular formula is C12H17N5O3S. The van der Waals surface area contributed by atoms with Crippen molar-refractivity contribution >= 4 is 15.9 Å². The van der Waals surface area contributed by atoms with Crippen LogP contribution in [-0.4, -0.2) is 28.9 Å². The lowest BCUT2D eigenvalue weighted by Crippen LogP contribution is -2.28. The van der Waals surface area contributed by atoms with Gasteiger partial charge in [0.25, 0.3) is 5.91 Å². The van der Waals surface area contributed by atoms with E-state index in [1.165, 1.54) is 16.8 Å². The highest BCUT2D eigenvalue weighted by atomic mass is 32.2. The molecule has 1 amide bonds. The van der Waals surface area contributed by atoms with E-state index in [2.05, 4.69) is 14.7 Å². The lowest BCUT2D eigenvalue weighted by atomic mass is 10.2. The largest absolute Gasteiger partial charge is 0.364 e. The van der Waals surface area contributed by atoms with E-state index in [1.807, 2.05) is 6.92 Å². The van der Waals surface area contributed by atoms with Crippen molar-refractivity contribution in [1.82, 2.24) is 19.3 Å². The Labute approximate surface area is 122 Å². The number of carbonyl (C=O) groups is 1. The molecule has 0 aliphatic heterocycles. The second kappa shape index (κ2) is 5.70. The third kappa shape index (κ3) is 3.14. The first kappa shape index (κ1) is 15.3. The fourth-order valence-corrected chi connectivity index (χ4v) is 3.33. The highest BCUT2D eigenvalue weighted by Crippen LogP contribution is 2.18. The van der Waals surface area contributed by atoms with Crippen molar-refractivity contribution in [3.63, 3.8) is 0 Å². The van der Waals surface area contributed by atoms with Gasteiger partial charge < -0.3 is 15.3 Å². The normalized spacial score (nSPS) is 13.2. The number of aryl methyl sites for hydroxylation is 1. The van der Waals surface area contributed by atoms with Crippen molar-refractivity contribution in [2.75, 3.05) is 0 Å². The lowest BCUT2D eigenvalue weighted by molar-refractivity contribution is 0.0992. The molecule has 2 rings (SSSR count). The number of nitrogens with one attached hydrogen (secondary N) is 2. The van der Waals surface area contributed by atoms with Crippen LogP contribution >= 0.6 is 0 Å². The van der Waals surface area contributed by atoms with Crippen molar-refractivity contribution in [2.45, 2.75) is 24.3 Å². The number of primary amides is 1. The van der Waals surface area contributed by atoms with E-state index in [0.29, 0.717) is 12.2 Å². The first-order chi connectivity index (χ1) is 9.85. The van der Waals surface area contributed by atoms with E-state index in [4.69, 9.17) is 5.73 Å². The van der Waals surface area contributed by atoms with Crippen molar-refractivity contribution < 1.29 is 13.2 Å². The summed E-state index contributed by atoms with van der Waals surface area (Å²) in [5, 5.41) is 0. The standard InChI is InChI=1S/C12H17N5O3S/c1-3-9(12-14-4-5-15-12)16-21(19,20)8-6-10(11(13)18)17(2)7-8/h4-7,9,16H,3H2,1-2H3,(H2,13,18)(H,14,15). The number of hydrogen-bond acceptors (Lipinski definition) is 4. The molecular weight excluding hydrogens is 294 g/mol. The van der Waals surface area contributed by atoms with E-state index >= 15 is 0 Å². The maximum absolute atomic E-state index is 12.4. The molecule has 0 radical (unpaired) electrons. The third-order valence-corrected chi connectivity index (χ3v) is 4.54. The van der Waals surface area contributed by atoms with Gasteiger partial charge in [0.2, 0.25) is 10.0 Å². The molecule has 1 atom stereocenters. The van der Waals surface area contributed by atoms with Gasteiger partial charge in [0.1, 0.15) is 16.4 Å². The van der Waals surface area contributed by atoms with Crippen LogP contribution in [0.25, 0.3) is 0 Å². The monoisotopic (exact) mass is 311 g/mol. The number of nitrogens with two attached hydrogens (primary N) is 1. The zero-order chi connectivity index (χ0) is 15.6. The highest BCUT2D eigenvalue weighted by molar-refractivity contribution is 7.89. The average Bonchev–Trinajstić information content (AvgIpc) is 3.05. The third-order valence-electron chi connectivity index (χ3n) is 3.10. The Kier molecular flexibility index (Phi) is 4.14. The Bertz CT molecular complexity index is 733. The summed E-state index contributed by atoms with van der Waals surface area (Å²) in [4.78, 5) is 18.1. The number of aromatic amines is 1.